The number of nitrogens with one attached hydrogen (secondary N) is 1. The Kier molecular flexibility index (Phi) is 5.48. The zero-order valence-corrected chi connectivity index (χ0v) is 13.3. The Hall–Kier alpha value is -1.71. The number of rotatable bonds is 6. The zero-order chi connectivity index (χ0) is 15.2. The van der Waals surface area contributed by atoms with Crippen LogP contribution >= 0.6 is 0 Å². The number of benzene rings is 1. The van der Waals surface area contributed by atoms with Gasteiger partial charge in [-0.05, 0) is 43.9 Å². The van der Waals surface area contributed by atoms with Crippen molar-refractivity contribution in [1.82, 2.24) is 0 Å². The molecule has 0 saturated carbocycles. The van der Waals surface area contributed by atoms with Crippen molar-refractivity contribution < 1.29 is 9.53 Å². The highest BCUT2D eigenvalue weighted by molar-refractivity contribution is 5.94. The lowest BCUT2D eigenvalue weighted by atomic mass is 10.0. The summed E-state index contributed by atoms with van der Waals surface area (Å²) < 4.78 is 5.38. The Balaban J connectivity index is 2.19. The number of hydrogen-bond acceptors (Lipinski definition) is 3. The summed E-state index contributed by atoms with van der Waals surface area (Å²) in [6.45, 7) is 6.27. The molecule has 1 aromatic carbocycles. The van der Waals surface area contributed by atoms with Crippen molar-refractivity contribution in [3.8, 4) is 5.75 Å². The molecule has 1 aliphatic rings. The second-order valence-electron chi connectivity index (χ2n) is 5.58. The van der Waals surface area contributed by atoms with Crippen molar-refractivity contribution >= 4 is 17.3 Å². The number of anilines is 2. The summed E-state index contributed by atoms with van der Waals surface area (Å²) in [7, 11) is 1.64. The number of ether oxygens (including phenoxy) is 1. The van der Waals surface area contributed by atoms with Crippen LogP contribution in [0, 0.1) is 5.92 Å². The maximum Gasteiger partial charge on any atom is 0.227 e. The van der Waals surface area contributed by atoms with E-state index in [4.69, 9.17) is 4.74 Å². The molecule has 0 aliphatic carbocycles. The highest BCUT2D eigenvalue weighted by Crippen LogP contribution is 2.31. The van der Waals surface area contributed by atoms with Gasteiger partial charge in [0.15, 0.2) is 0 Å². The van der Waals surface area contributed by atoms with E-state index < -0.39 is 0 Å². The SMILES string of the molecule is CCC(CC)C(=O)Nc1cc(N2CCCC2)ccc1OC. The Bertz CT molecular complexity index is 478. The molecule has 0 bridgehead atoms. The molecule has 1 heterocycles. The van der Waals surface area contributed by atoms with E-state index in [1.807, 2.05) is 26.0 Å². The minimum absolute atomic E-state index is 0.0603. The summed E-state index contributed by atoms with van der Waals surface area (Å²) in [5.41, 5.74) is 1.94. The van der Waals surface area contributed by atoms with Crippen molar-refractivity contribution in [2.75, 3.05) is 30.4 Å². The maximum absolute atomic E-state index is 12.3. The molecule has 0 unspecified atom stereocenters. The van der Waals surface area contributed by atoms with Crippen molar-refractivity contribution in [3.05, 3.63) is 18.2 Å². The molecule has 1 fully saturated rings. The lowest BCUT2D eigenvalue weighted by Gasteiger charge is -2.21. The fraction of sp³-hybridized carbons (Fsp3) is 0.588. The Morgan fingerprint density at radius 1 is 1.29 bits per heavy atom. The summed E-state index contributed by atoms with van der Waals surface area (Å²) in [6, 6.07) is 6.04. The monoisotopic (exact) mass is 290 g/mol. The van der Waals surface area contributed by atoms with E-state index in [0.717, 1.165) is 43.1 Å². The van der Waals surface area contributed by atoms with E-state index in [-0.39, 0.29) is 11.8 Å². The summed E-state index contributed by atoms with van der Waals surface area (Å²) in [6.07, 6.45) is 4.19. The average Bonchev–Trinajstić information content (AvgIpc) is 3.02. The first-order valence-corrected chi connectivity index (χ1v) is 7.93. The molecular weight excluding hydrogens is 264 g/mol. The minimum atomic E-state index is 0.0603. The molecule has 2 rings (SSSR count). The van der Waals surface area contributed by atoms with Gasteiger partial charge < -0.3 is 15.0 Å². The summed E-state index contributed by atoms with van der Waals surface area (Å²) >= 11 is 0. The number of carbonyl (C=O) groups is 1. The molecule has 0 radical (unpaired) electrons. The van der Waals surface area contributed by atoms with E-state index in [2.05, 4.69) is 16.3 Å². The summed E-state index contributed by atoms with van der Waals surface area (Å²) in [4.78, 5) is 14.6. The molecule has 116 valence electrons. The van der Waals surface area contributed by atoms with E-state index in [1.165, 1.54) is 12.8 Å². The summed E-state index contributed by atoms with van der Waals surface area (Å²) in [5.74, 6) is 0.860. The Labute approximate surface area is 127 Å². The maximum atomic E-state index is 12.3. The summed E-state index contributed by atoms with van der Waals surface area (Å²) in [5, 5.41) is 3.04. The molecule has 1 aromatic rings. The standard InChI is InChI=1S/C17H26N2O2/c1-4-13(5-2)17(20)18-15-12-14(8-9-16(15)21-3)19-10-6-7-11-19/h8-9,12-13H,4-7,10-11H2,1-3H3,(H,18,20). The van der Waals surface area contributed by atoms with Gasteiger partial charge in [0.25, 0.3) is 0 Å². The molecule has 1 saturated heterocycles. The number of amides is 1. The predicted molar refractivity (Wildman–Crippen MR) is 87.1 cm³/mol. The van der Waals surface area contributed by atoms with Crippen LogP contribution in [0.4, 0.5) is 11.4 Å². The number of methoxy groups -OCH3 is 1. The molecule has 1 aliphatic heterocycles. The molecule has 1 N–H and O–H groups in total. The zero-order valence-electron chi connectivity index (χ0n) is 13.3. The van der Waals surface area contributed by atoms with Gasteiger partial charge in [0.2, 0.25) is 5.91 Å². The first-order valence-electron chi connectivity index (χ1n) is 7.93. The van der Waals surface area contributed by atoms with Gasteiger partial charge in [0.1, 0.15) is 5.75 Å². The van der Waals surface area contributed by atoms with Gasteiger partial charge in [-0.1, -0.05) is 13.8 Å². The third kappa shape index (κ3) is 3.69. The fourth-order valence-corrected chi connectivity index (χ4v) is 2.86. The van der Waals surface area contributed by atoms with Crippen LogP contribution in [0.2, 0.25) is 0 Å². The topological polar surface area (TPSA) is 41.6 Å². The van der Waals surface area contributed by atoms with Crippen LogP contribution in [0.15, 0.2) is 18.2 Å². The minimum Gasteiger partial charge on any atom is -0.495 e. The van der Waals surface area contributed by atoms with Crippen LogP contribution in [-0.2, 0) is 4.79 Å². The Morgan fingerprint density at radius 3 is 2.52 bits per heavy atom. The third-order valence-electron chi connectivity index (χ3n) is 4.27. The first-order chi connectivity index (χ1) is 10.2. The van der Waals surface area contributed by atoms with Crippen molar-refractivity contribution in [2.45, 2.75) is 39.5 Å². The van der Waals surface area contributed by atoms with Gasteiger partial charge in [0.05, 0.1) is 12.8 Å². The van der Waals surface area contributed by atoms with Crippen LogP contribution in [0.1, 0.15) is 39.5 Å². The van der Waals surface area contributed by atoms with Gasteiger partial charge in [-0.25, -0.2) is 0 Å². The lowest BCUT2D eigenvalue weighted by molar-refractivity contribution is -0.120. The molecule has 0 atom stereocenters. The van der Waals surface area contributed by atoms with Crippen LogP contribution in [0.25, 0.3) is 0 Å². The molecular formula is C17H26N2O2. The van der Waals surface area contributed by atoms with Crippen LogP contribution in [-0.4, -0.2) is 26.1 Å². The van der Waals surface area contributed by atoms with E-state index in [1.54, 1.807) is 7.11 Å². The largest absolute Gasteiger partial charge is 0.495 e. The molecule has 4 heteroatoms. The first kappa shape index (κ1) is 15.7. The van der Waals surface area contributed by atoms with E-state index >= 15 is 0 Å². The van der Waals surface area contributed by atoms with Crippen molar-refractivity contribution in [1.29, 1.82) is 0 Å². The fourth-order valence-electron chi connectivity index (χ4n) is 2.86. The quantitative estimate of drug-likeness (QED) is 0.869. The molecule has 4 nitrogen and oxygen atoms in total. The van der Waals surface area contributed by atoms with Gasteiger partial charge >= 0.3 is 0 Å². The van der Waals surface area contributed by atoms with E-state index in [0.29, 0.717) is 0 Å². The van der Waals surface area contributed by atoms with Crippen molar-refractivity contribution in [3.63, 3.8) is 0 Å². The van der Waals surface area contributed by atoms with Crippen LogP contribution in [0.3, 0.4) is 0 Å². The second-order valence-corrected chi connectivity index (χ2v) is 5.58. The normalized spacial score (nSPS) is 14.6. The second kappa shape index (κ2) is 7.34. The van der Waals surface area contributed by atoms with Crippen molar-refractivity contribution in [2.24, 2.45) is 5.92 Å². The van der Waals surface area contributed by atoms with Gasteiger partial charge in [-0.15, -0.1) is 0 Å². The smallest absolute Gasteiger partial charge is 0.227 e. The highest BCUT2D eigenvalue weighted by Gasteiger charge is 2.18. The molecule has 0 aromatic heterocycles. The van der Waals surface area contributed by atoms with Gasteiger partial charge in [0, 0.05) is 24.7 Å². The molecule has 21 heavy (non-hydrogen) atoms. The number of carbonyl (C=O) groups excluding carboxylic acids is 1. The van der Waals surface area contributed by atoms with Crippen LogP contribution < -0.4 is 15.0 Å². The molecule has 1 amide bonds. The number of nitrogens with zero attached hydrogens (tertiary/aromatic N) is 1. The highest BCUT2D eigenvalue weighted by atomic mass is 16.5. The molecule has 0 spiro atoms. The van der Waals surface area contributed by atoms with Gasteiger partial charge in [-0.3, -0.25) is 4.79 Å². The average molecular weight is 290 g/mol. The Morgan fingerprint density at radius 2 is 1.95 bits per heavy atom. The lowest BCUT2D eigenvalue weighted by Crippen LogP contribution is -2.22. The van der Waals surface area contributed by atoms with Gasteiger partial charge in [-0.2, -0.15) is 0 Å². The predicted octanol–water partition coefficient (Wildman–Crippen LogP) is 3.67. The van der Waals surface area contributed by atoms with Crippen LogP contribution in [0.5, 0.6) is 5.75 Å². The van der Waals surface area contributed by atoms with E-state index in [9.17, 15) is 4.79 Å². The number of hydrogen-bond donors (Lipinski definition) is 1. The third-order valence-corrected chi connectivity index (χ3v) is 4.27.